The van der Waals surface area contributed by atoms with Gasteiger partial charge in [-0.1, -0.05) is 30.3 Å². The number of likely N-dealkylation sites (tertiary alicyclic amines) is 1. The molecule has 1 heterocycles. The van der Waals surface area contributed by atoms with E-state index in [0.29, 0.717) is 12.5 Å². The van der Waals surface area contributed by atoms with Crippen LogP contribution < -0.4 is 11.1 Å². The van der Waals surface area contributed by atoms with Crippen LogP contribution in [0.5, 0.6) is 0 Å². The van der Waals surface area contributed by atoms with Gasteiger partial charge >= 0.3 is 0 Å². The molecule has 104 valence electrons. The van der Waals surface area contributed by atoms with Gasteiger partial charge in [-0.3, -0.25) is 4.79 Å². The minimum Gasteiger partial charge on any atom is -0.341 e. The molecule has 0 aromatic heterocycles. The smallest absolute Gasteiger partial charge is 0.224 e. The van der Waals surface area contributed by atoms with E-state index >= 15 is 0 Å². The predicted molar refractivity (Wildman–Crippen MR) is 76.6 cm³/mol. The van der Waals surface area contributed by atoms with Crippen molar-refractivity contribution < 1.29 is 4.79 Å². The average Bonchev–Trinajstić information content (AvgIpc) is 2.48. The number of nitrogens with zero attached hydrogens (tertiary/aromatic N) is 1. The molecule has 1 aromatic rings. The second-order valence-electron chi connectivity index (χ2n) is 5.19. The van der Waals surface area contributed by atoms with Gasteiger partial charge in [0.15, 0.2) is 0 Å². The van der Waals surface area contributed by atoms with Crippen LogP contribution in [-0.4, -0.2) is 37.0 Å². The molecule has 0 aliphatic carbocycles. The SMILES string of the molecule is CNC1CCCN(C(=O)CC(N)c2ccccc2)C1. The third kappa shape index (κ3) is 3.78. The molecule has 2 unspecified atom stereocenters. The average molecular weight is 261 g/mol. The van der Waals surface area contributed by atoms with Gasteiger partial charge in [0.1, 0.15) is 0 Å². The summed E-state index contributed by atoms with van der Waals surface area (Å²) in [6.07, 6.45) is 2.60. The maximum atomic E-state index is 12.3. The lowest BCUT2D eigenvalue weighted by atomic mass is 10.0. The van der Waals surface area contributed by atoms with Crippen LogP contribution in [0, 0.1) is 0 Å². The van der Waals surface area contributed by atoms with Crippen LogP contribution in [0.2, 0.25) is 0 Å². The van der Waals surface area contributed by atoms with Crippen LogP contribution in [0.4, 0.5) is 0 Å². The van der Waals surface area contributed by atoms with Crippen molar-refractivity contribution in [3.63, 3.8) is 0 Å². The quantitative estimate of drug-likeness (QED) is 0.858. The van der Waals surface area contributed by atoms with Crippen LogP contribution in [0.1, 0.15) is 30.9 Å². The first-order chi connectivity index (χ1) is 9.20. The van der Waals surface area contributed by atoms with Gasteiger partial charge in [0, 0.05) is 31.6 Å². The third-order valence-electron chi connectivity index (χ3n) is 3.80. The standard InChI is InChI=1S/C15H23N3O/c1-17-13-8-5-9-18(11-13)15(19)10-14(16)12-6-3-2-4-7-12/h2-4,6-7,13-14,17H,5,8-11,16H2,1H3. The number of carbonyl (C=O) groups excluding carboxylic acids is 1. The molecule has 4 nitrogen and oxygen atoms in total. The number of carbonyl (C=O) groups is 1. The lowest BCUT2D eigenvalue weighted by Gasteiger charge is -2.33. The number of piperidine rings is 1. The summed E-state index contributed by atoms with van der Waals surface area (Å²) in [4.78, 5) is 14.2. The molecule has 1 amide bonds. The number of nitrogens with one attached hydrogen (secondary N) is 1. The van der Waals surface area contributed by atoms with Crippen molar-refractivity contribution in [1.82, 2.24) is 10.2 Å². The molecule has 1 aromatic carbocycles. The van der Waals surface area contributed by atoms with Crippen molar-refractivity contribution in [3.05, 3.63) is 35.9 Å². The number of hydrogen-bond donors (Lipinski definition) is 2. The summed E-state index contributed by atoms with van der Waals surface area (Å²) >= 11 is 0. The highest BCUT2D eigenvalue weighted by Crippen LogP contribution is 2.17. The Morgan fingerprint density at radius 2 is 2.21 bits per heavy atom. The second-order valence-corrected chi connectivity index (χ2v) is 5.19. The maximum absolute atomic E-state index is 12.3. The summed E-state index contributed by atoms with van der Waals surface area (Å²) < 4.78 is 0. The predicted octanol–water partition coefficient (Wildman–Crippen LogP) is 1.29. The number of rotatable bonds is 4. The molecule has 0 saturated carbocycles. The molecule has 0 bridgehead atoms. The Hall–Kier alpha value is -1.39. The second kappa shape index (κ2) is 6.68. The highest BCUT2D eigenvalue weighted by molar-refractivity contribution is 5.77. The highest BCUT2D eigenvalue weighted by Gasteiger charge is 2.23. The zero-order chi connectivity index (χ0) is 13.7. The first-order valence-electron chi connectivity index (χ1n) is 6.96. The summed E-state index contributed by atoms with van der Waals surface area (Å²) in [5.41, 5.74) is 7.13. The van der Waals surface area contributed by atoms with Gasteiger partial charge in [-0.05, 0) is 25.5 Å². The van der Waals surface area contributed by atoms with Crippen molar-refractivity contribution in [2.24, 2.45) is 5.73 Å². The molecule has 1 saturated heterocycles. The largest absolute Gasteiger partial charge is 0.341 e. The van der Waals surface area contributed by atoms with Crippen molar-refractivity contribution in [1.29, 1.82) is 0 Å². The van der Waals surface area contributed by atoms with Crippen LogP contribution in [0.15, 0.2) is 30.3 Å². The van der Waals surface area contributed by atoms with Crippen molar-refractivity contribution in [2.45, 2.75) is 31.3 Å². The van der Waals surface area contributed by atoms with E-state index in [1.807, 2.05) is 42.3 Å². The minimum atomic E-state index is -0.205. The van der Waals surface area contributed by atoms with E-state index in [1.54, 1.807) is 0 Å². The molecule has 4 heteroatoms. The minimum absolute atomic E-state index is 0.163. The molecule has 1 aliphatic rings. The lowest BCUT2D eigenvalue weighted by Crippen LogP contribution is -2.47. The summed E-state index contributed by atoms with van der Waals surface area (Å²) in [7, 11) is 1.95. The van der Waals surface area contributed by atoms with Crippen LogP contribution in [0.3, 0.4) is 0 Å². The Kier molecular flexibility index (Phi) is 4.93. The Bertz CT molecular complexity index is 407. The number of likely N-dealkylation sites (N-methyl/N-ethyl adjacent to an activating group) is 1. The zero-order valence-corrected chi connectivity index (χ0v) is 11.5. The summed E-state index contributed by atoms with van der Waals surface area (Å²) in [5, 5.41) is 3.25. The Balaban J connectivity index is 1.90. The Labute approximate surface area is 115 Å². The highest BCUT2D eigenvalue weighted by atomic mass is 16.2. The van der Waals surface area contributed by atoms with Crippen LogP contribution in [0.25, 0.3) is 0 Å². The van der Waals surface area contributed by atoms with E-state index in [2.05, 4.69) is 5.32 Å². The van der Waals surface area contributed by atoms with Gasteiger partial charge in [0.25, 0.3) is 0 Å². The summed E-state index contributed by atoms with van der Waals surface area (Å²) in [5.74, 6) is 0.163. The number of amides is 1. The first kappa shape index (κ1) is 14.0. The van der Waals surface area contributed by atoms with Crippen molar-refractivity contribution >= 4 is 5.91 Å². The Morgan fingerprint density at radius 1 is 1.47 bits per heavy atom. The zero-order valence-electron chi connectivity index (χ0n) is 11.5. The van der Waals surface area contributed by atoms with E-state index in [0.717, 1.165) is 31.5 Å². The van der Waals surface area contributed by atoms with Gasteiger partial charge in [-0.2, -0.15) is 0 Å². The first-order valence-corrected chi connectivity index (χ1v) is 6.96. The summed E-state index contributed by atoms with van der Waals surface area (Å²) in [6.45, 7) is 1.66. The van der Waals surface area contributed by atoms with Gasteiger partial charge in [0.05, 0.1) is 0 Å². The van der Waals surface area contributed by atoms with E-state index in [9.17, 15) is 4.79 Å². The molecule has 0 spiro atoms. The molecule has 1 aliphatic heterocycles. The fourth-order valence-electron chi connectivity index (χ4n) is 2.57. The number of benzene rings is 1. The van der Waals surface area contributed by atoms with Crippen LogP contribution in [-0.2, 0) is 4.79 Å². The van der Waals surface area contributed by atoms with E-state index in [4.69, 9.17) is 5.73 Å². The topological polar surface area (TPSA) is 58.4 Å². The normalized spacial score (nSPS) is 21.2. The van der Waals surface area contributed by atoms with Gasteiger partial charge in [0.2, 0.25) is 5.91 Å². The molecule has 2 rings (SSSR count). The summed E-state index contributed by atoms with van der Waals surface area (Å²) in [6, 6.07) is 10.0. The van der Waals surface area contributed by atoms with Crippen LogP contribution >= 0.6 is 0 Å². The van der Waals surface area contributed by atoms with Gasteiger partial charge < -0.3 is 16.0 Å². The van der Waals surface area contributed by atoms with E-state index in [-0.39, 0.29) is 11.9 Å². The molecule has 19 heavy (non-hydrogen) atoms. The van der Waals surface area contributed by atoms with E-state index < -0.39 is 0 Å². The Morgan fingerprint density at radius 3 is 2.89 bits per heavy atom. The molecule has 0 radical (unpaired) electrons. The molecule has 3 N–H and O–H groups in total. The van der Waals surface area contributed by atoms with E-state index in [1.165, 1.54) is 0 Å². The van der Waals surface area contributed by atoms with Crippen molar-refractivity contribution in [3.8, 4) is 0 Å². The van der Waals surface area contributed by atoms with Crippen molar-refractivity contribution in [2.75, 3.05) is 20.1 Å². The molecule has 2 atom stereocenters. The fraction of sp³-hybridized carbons (Fsp3) is 0.533. The molecular weight excluding hydrogens is 238 g/mol. The fourth-order valence-corrected chi connectivity index (χ4v) is 2.57. The number of hydrogen-bond acceptors (Lipinski definition) is 3. The lowest BCUT2D eigenvalue weighted by molar-refractivity contribution is -0.132. The molecular formula is C15H23N3O. The van der Waals surface area contributed by atoms with Gasteiger partial charge in [-0.15, -0.1) is 0 Å². The van der Waals surface area contributed by atoms with Gasteiger partial charge in [-0.25, -0.2) is 0 Å². The maximum Gasteiger partial charge on any atom is 0.224 e. The monoisotopic (exact) mass is 261 g/mol. The third-order valence-corrected chi connectivity index (χ3v) is 3.80. The number of nitrogens with two attached hydrogens (primary N) is 1. The molecule has 1 fully saturated rings.